The maximum Gasteiger partial charge on any atom is 0.177 e. The highest BCUT2D eigenvalue weighted by atomic mass is 35.5. The second-order valence-electron chi connectivity index (χ2n) is 4.50. The molecule has 0 aromatic rings. The minimum absolute atomic E-state index is 0.0133. The van der Waals surface area contributed by atoms with Gasteiger partial charge in [0.1, 0.15) is 5.76 Å². The molecule has 92 valence electrons. The summed E-state index contributed by atoms with van der Waals surface area (Å²) in [5.74, 6) is 0.295. The number of nitrogens with two attached hydrogens (primary N) is 1. The number of rotatable bonds is 0. The Morgan fingerprint density at radius 3 is 3.06 bits per heavy atom. The van der Waals surface area contributed by atoms with Crippen molar-refractivity contribution in [3.63, 3.8) is 0 Å². The molecule has 0 fully saturated rings. The molecular formula is C14H12ClNO2. The fraction of sp³-hybridized carbons (Fsp3) is 0.214. The zero-order valence-electron chi connectivity index (χ0n) is 9.60. The van der Waals surface area contributed by atoms with Crippen LogP contribution >= 0.6 is 11.6 Å². The van der Waals surface area contributed by atoms with Crippen LogP contribution < -0.4 is 5.73 Å². The lowest BCUT2D eigenvalue weighted by molar-refractivity contribution is -0.116. The highest BCUT2D eigenvalue weighted by Crippen LogP contribution is 2.36. The van der Waals surface area contributed by atoms with Gasteiger partial charge in [0.05, 0.1) is 17.8 Å². The van der Waals surface area contributed by atoms with Crippen LogP contribution in [0.1, 0.15) is 6.42 Å². The van der Waals surface area contributed by atoms with Crippen molar-refractivity contribution in [3.8, 4) is 0 Å². The van der Waals surface area contributed by atoms with Crippen LogP contribution in [0.15, 0.2) is 58.6 Å². The number of allylic oxidation sites excluding steroid dienone is 7. The number of halogens is 1. The second kappa shape index (κ2) is 4.26. The summed E-state index contributed by atoms with van der Waals surface area (Å²) < 4.78 is 5.59. The van der Waals surface area contributed by atoms with E-state index in [1.54, 1.807) is 24.5 Å². The molecule has 1 aliphatic heterocycles. The molecule has 4 heteroatoms. The Morgan fingerprint density at radius 2 is 2.22 bits per heavy atom. The molecular weight excluding hydrogens is 250 g/mol. The Kier molecular flexibility index (Phi) is 2.73. The van der Waals surface area contributed by atoms with E-state index in [9.17, 15) is 4.79 Å². The van der Waals surface area contributed by atoms with Gasteiger partial charge in [-0.25, -0.2) is 0 Å². The van der Waals surface area contributed by atoms with Crippen molar-refractivity contribution >= 4 is 17.4 Å². The highest BCUT2D eigenvalue weighted by molar-refractivity contribution is 6.33. The maximum absolute atomic E-state index is 12.5. The van der Waals surface area contributed by atoms with Gasteiger partial charge in [-0.05, 0) is 6.08 Å². The summed E-state index contributed by atoms with van der Waals surface area (Å²) in [6.07, 6.45) is 11.1. The predicted molar refractivity (Wildman–Crippen MR) is 69.5 cm³/mol. The molecule has 0 aromatic heterocycles. The van der Waals surface area contributed by atoms with E-state index >= 15 is 0 Å². The third-order valence-corrected chi connectivity index (χ3v) is 3.61. The SMILES string of the molecule is NC1C=CC2=C(C1)OC=C1C(Cl)=CC=CC1C2=O. The summed E-state index contributed by atoms with van der Waals surface area (Å²) >= 11 is 6.10. The van der Waals surface area contributed by atoms with Crippen molar-refractivity contribution < 1.29 is 9.53 Å². The summed E-state index contributed by atoms with van der Waals surface area (Å²) in [7, 11) is 0. The average Bonchev–Trinajstić information content (AvgIpc) is 2.49. The Labute approximate surface area is 110 Å². The fourth-order valence-corrected chi connectivity index (χ4v) is 2.53. The van der Waals surface area contributed by atoms with Crippen LogP contribution in [0.5, 0.6) is 0 Å². The normalized spacial score (nSPS) is 30.0. The first-order chi connectivity index (χ1) is 8.66. The highest BCUT2D eigenvalue weighted by Gasteiger charge is 2.32. The van der Waals surface area contributed by atoms with Gasteiger partial charge < -0.3 is 10.5 Å². The number of hydrogen-bond acceptors (Lipinski definition) is 3. The molecule has 0 aromatic carbocycles. The number of fused-ring (bicyclic) bond motifs is 1. The third kappa shape index (κ3) is 1.76. The minimum atomic E-state index is -0.353. The van der Waals surface area contributed by atoms with Gasteiger partial charge >= 0.3 is 0 Å². The Balaban J connectivity index is 2.05. The molecule has 2 atom stereocenters. The first-order valence-corrected chi connectivity index (χ1v) is 6.17. The quantitative estimate of drug-likeness (QED) is 0.728. The van der Waals surface area contributed by atoms with Gasteiger partial charge in [0.25, 0.3) is 0 Å². The van der Waals surface area contributed by atoms with Crippen LogP contribution in [0, 0.1) is 5.92 Å². The van der Waals surface area contributed by atoms with Crippen molar-refractivity contribution in [1.29, 1.82) is 0 Å². The smallest absolute Gasteiger partial charge is 0.177 e. The minimum Gasteiger partial charge on any atom is -0.468 e. The Hall–Kier alpha value is -1.58. The number of carbonyl (C=O) groups excluding carboxylic acids is 1. The summed E-state index contributed by atoms with van der Waals surface area (Å²) in [5, 5.41) is 0.545. The summed E-state index contributed by atoms with van der Waals surface area (Å²) in [4.78, 5) is 12.5. The van der Waals surface area contributed by atoms with E-state index in [0.29, 0.717) is 28.4 Å². The van der Waals surface area contributed by atoms with Crippen LogP contribution in [0.4, 0.5) is 0 Å². The van der Waals surface area contributed by atoms with Crippen LogP contribution in [-0.4, -0.2) is 11.8 Å². The van der Waals surface area contributed by atoms with E-state index in [1.807, 2.05) is 12.2 Å². The molecule has 0 amide bonds. The molecule has 3 rings (SSSR count). The van der Waals surface area contributed by atoms with Gasteiger partial charge in [0, 0.05) is 23.1 Å². The van der Waals surface area contributed by atoms with Gasteiger partial charge in [-0.15, -0.1) is 0 Å². The molecule has 2 aliphatic carbocycles. The van der Waals surface area contributed by atoms with Crippen LogP contribution in [0.2, 0.25) is 0 Å². The topological polar surface area (TPSA) is 52.3 Å². The average molecular weight is 262 g/mol. The lowest BCUT2D eigenvalue weighted by atomic mass is 9.86. The Morgan fingerprint density at radius 1 is 1.39 bits per heavy atom. The third-order valence-electron chi connectivity index (χ3n) is 3.26. The van der Waals surface area contributed by atoms with Gasteiger partial charge in [-0.3, -0.25) is 4.79 Å². The molecule has 0 saturated heterocycles. The zero-order chi connectivity index (χ0) is 12.7. The molecule has 0 radical (unpaired) electrons. The molecule has 3 aliphatic rings. The summed E-state index contributed by atoms with van der Waals surface area (Å²) in [6.45, 7) is 0. The molecule has 0 bridgehead atoms. The predicted octanol–water partition coefficient (Wildman–Crippen LogP) is 2.32. The van der Waals surface area contributed by atoms with Gasteiger partial charge in [0.15, 0.2) is 5.78 Å². The van der Waals surface area contributed by atoms with Crippen LogP contribution in [-0.2, 0) is 9.53 Å². The van der Waals surface area contributed by atoms with E-state index < -0.39 is 0 Å². The number of ether oxygens (including phenoxy) is 1. The standard InChI is InChI=1S/C14H12ClNO2/c15-12-3-1-2-9-11(12)7-18-13-6-8(16)4-5-10(13)14(9)17/h1-5,7-9H,6,16H2. The zero-order valence-corrected chi connectivity index (χ0v) is 10.4. The monoisotopic (exact) mass is 261 g/mol. The number of ketones is 1. The van der Waals surface area contributed by atoms with Gasteiger partial charge in [-0.2, -0.15) is 0 Å². The van der Waals surface area contributed by atoms with Crippen molar-refractivity contribution in [1.82, 2.24) is 0 Å². The maximum atomic E-state index is 12.5. The van der Waals surface area contributed by atoms with E-state index in [0.717, 1.165) is 0 Å². The van der Waals surface area contributed by atoms with E-state index in [-0.39, 0.29) is 17.7 Å². The molecule has 1 heterocycles. The fourth-order valence-electron chi connectivity index (χ4n) is 2.30. The summed E-state index contributed by atoms with van der Waals surface area (Å²) in [5.41, 5.74) is 7.14. The number of carbonyl (C=O) groups is 1. The summed E-state index contributed by atoms with van der Waals surface area (Å²) in [6, 6.07) is -0.100. The molecule has 0 spiro atoms. The van der Waals surface area contributed by atoms with Gasteiger partial charge in [0.2, 0.25) is 0 Å². The van der Waals surface area contributed by atoms with Crippen molar-refractivity contribution in [2.75, 3.05) is 0 Å². The van der Waals surface area contributed by atoms with Crippen molar-refractivity contribution in [2.24, 2.45) is 11.7 Å². The van der Waals surface area contributed by atoms with E-state index in [2.05, 4.69) is 0 Å². The molecule has 2 unspecified atom stereocenters. The van der Waals surface area contributed by atoms with E-state index in [1.165, 1.54) is 0 Å². The number of Topliss-reactive ketones (excluding diaryl/α,β-unsaturated/α-hetero) is 1. The van der Waals surface area contributed by atoms with Crippen molar-refractivity contribution in [2.45, 2.75) is 12.5 Å². The molecule has 2 N–H and O–H groups in total. The first-order valence-electron chi connectivity index (χ1n) is 5.79. The van der Waals surface area contributed by atoms with Crippen molar-refractivity contribution in [3.05, 3.63) is 58.6 Å². The Bertz CT molecular complexity index is 566. The van der Waals surface area contributed by atoms with Crippen LogP contribution in [0.3, 0.4) is 0 Å². The molecule has 0 saturated carbocycles. The molecule has 3 nitrogen and oxygen atoms in total. The largest absolute Gasteiger partial charge is 0.468 e. The first kappa shape index (κ1) is 11.5. The van der Waals surface area contributed by atoms with Crippen LogP contribution in [0.25, 0.3) is 0 Å². The van der Waals surface area contributed by atoms with E-state index in [4.69, 9.17) is 22.1 Å². The lowest BCUT2D eigenvalue weighted by Gasteiger charge is -2.18. The lowest BCUT2D eigenvalue weighted by Crippen LogP contribution is -2.24. The second-order valence-corrected chi connectivity index (χ2v) is 4.90. The number of hydrogen-bond donors (Lipinski definition) is 1. The van der Waals surface area contributed by atoms with Gasteiger partial charge in [-0.1, -0.05) is 35.9 Å². The molecule has 18 heavy (non-hydrogen) atoms.